The van der Waals surface area contributed by atoms with Crippen molar-refractivity contribution < 1.29 is 19.3 Å². The lowest BCUT2D eigenvalue weighted by Crippen LogP contribution is -2.44. The zero-order valence-electron chi connectivity index (χ0n) is 14.6. The van der Waals surface area contributed by atoms with Crippen LogP contribution in [0, 0.1) is 16.0 Å². The van der Waals surface area contributed by atoms with Gasteiger partial charge in [-0.25, -0.2) is 4.79 Å². The molecule has 1 unspecified atom stereocenters. The number of nitrogens with one attached hydrogen (secondary N) is 1. The highest BCUT2D eigenvalue weighted by Crippen LogP contribution is 2.31. The number of amides is 4. The molecule has 1 aromatic carbocycles. The van der Waals surface area contributed by atoms with Crippen molar-refractivity contribution in [3.8, 4) is 0 Å². The minimum Gasteiger partial charge on any atom is -0.344 e. The molecule has 9 nitrogen and oxygen atoms in total. The smallest absolute Gasteiger partial charge is 0.325 e. The van der Waals surface area contributed by atoms with Crippen LogP contribution in [-0.2, 0) is 15.1 Å². The van der Waals surface area contributed by atoms with Gasteiger partial charge in [-0.3, -0.25) is 24.6 Å². The van der Waals surface area contributed by atoms with E-state index in [2.05, 4.69) is 5.32 Å². The lowest BCUT2D eigenvalue weighted by molar-refractivity contribution is -0.384. The molecule has 1 aliphatic carbocycles. The van der Waals surface area contributed by atoms with Crippen LogP contribution in [0.25, 0.3) is 0 Å². The number of hydrogen-bond donors (Lipinski definition) is 1. The SMILES string of the molecule is CN(CC1CC1)C(=O)CN1C(=O)NC(C)(c2ccc([N+](=O)[O-])cc2)C1=O. The predicted octanol–water partition coefficient (Wildman–Crippen LogP) is 1.23. The summed E-state index contributed by atoms with van der Waals surface area (Å²) in [6.45, 7) is 1.82. The standard InChI is InChI=1S/C17H20N4O5/c1-17(12-5-7-13(8-6-12)21(25)26)15(23)20(16(24)18-17)10-14(22)19(2)9-11-3-4-11/h5-8,11H,3-4,9-10H2,1-2H3,(H,18,24). The Balaban J connectivity index is 1.74. The number of benzene rings is 1. The molecule has 0 radical (unpaired) electrons. The highest BCUT2D eigenvalue weighted by molar-refractivity contribution is 6.09. The quantitative estimate of drug-likeness (QED) is 0.466. The second-order valence-electron chi connectivity index (χ2n) is 6.97. The van der Waals surface area contributed by atoms with E-state index in [0.29, 0.717) is 18.0 Å². The number of nitrogens with zero attached hydrogens (tertiary/aromatic N) is 3. The number of nitro benzene ring substituents is 1. The molecule has 3 rings (SSSR count). The summed E-state index contributed by atoms with van der Waals surface area (Å²) in [4.78, 5) is 50.0. The highest BCUT2D eigenvalue weighted by atomic mass is 16.6. The van der Waals surface area contributed by atoms with Crippen molar-refractivity contribution >= 4 is 23.5 Å². The molecule has 1 atom stereocenters. The molecule has 26 heavy (non-hydrogen) atoms. The van der Waals surface area contributed by atoms with Gasteiger partial charge in [0.2, 0.25) is 5.91 Å². The van der Waals surface area contributed by atoms with E-state index in [4.69, 9.17) is 0 Å². The third-order valence-corrected chi connectivity index (χ3v) is 4.88. The number of rotatable bonds is 6. The molecule has 4 amide bonds. The zero-order chi connectivity index (χ0) is 19.1. The first-order valence-corrected chi connectivity index (χ1v) is 8.35. The summed E-state index contributed by atoms with van der Waals surface area (Å²) in [6.07, 6.45) is 2.19. The number of non-ortho nitro benzene ring substituents is 1. The second-order valence-corrected chi connectivity index (χ2v) is 6.97. The van der Waals surface area contributed by atoms with Crippen LogP contribution < -0.4 is 5.32 Å². The van der Waals surface area contributed by atoms with Gasteiger partial charge < -0.3 is 10.2 Å². The molecular formula is C17H20N4O5. The fourth-order valence-electron chi connectivity index (χ4n) is 3.00. The molecule has 0 aromatic heterocycles. The number of likely N-dealkylation sites (N-methyl/N-ethyl adjacent to an activating group) is 1. The maximum absolute atomic E-state index is 12.8. The first-order chi connectivity index (χ1) is 12.2. The van der Waals surface area contributed by atoms with Crippen molar-refractivity contribution in [2.75, 3.05) is 20.1 Å². The van der Waals surface area contributed by atoms with Crippen LogP contribution in [0.1, 0.15) is 25.3 Å². The van der Waals surface area contributed by atoms with Gasteiger partial charge in [0.15, 0.2) is 0 Å². The molecular weight excluding hydrogens is 340 g/mol. The summed E-state index contributed by atoms with van der Waals surface area (Å²) in [6, 6.07) is 4.76. The third kappa shape index (κ3) is 3.24. The van der Waals surface area contributed by atoms with E-state index in [1.807, 2.05) is 0 Å². The van der Waals surface area contributed by atoms with Gasteiger partial charge in [-0.1, -0.05) is 0 Å². The van der Waals surface area contributed by atoms with Gasteiger partial charge in [0.05, 0.1) is 4.92 Å². The van der Waals surface area contributed by atoms with Crippen LogP contribution in [0.4, 0.5) is 10.5 Å². The Hall–Kier alpha value is -2.97. The average molecular weight is 360 g/mol. The number of carbonyl (C=O) groups is 3. The summed E-state index contributed by atoms with van der Waals surface area (Å²) >= 11 is 0. The maximum atomic E-state index is 12.8. The Kier molecular flexibility index (Phi) is 4.39. The molecule has 1 saturated carbocycles. The number of nitro groups is 1. The first kappa shape index (κ1) is 17.8. The second kappa shape index (κ2) is 6.40. The van der Waals surface area contributed by atoms with Gasteiger partial charge in [0.1, 0.15) is 12.1 Å². The van der Waals surface area contributed by atoms with Crippen molar-refractivity contribution in [2.45, 2.75) is 25.3 Å². The lowest BCUT2D eigenvalue weighted by Gasteiger charge is -2.23. The van der Waals surface area contributed by atoms with Gasteiger partial charge in [-0.05, 0) is 43.4 Å². The predicted molar refractivity (Wildman–Crippen MR) is 91.1 cm³/mol. The van der Waals surface area contributed by atoms with E-state index in [-0.39, 0.29) is 18.1 Å². The van der Waals surface area contributed by atoms with Crippen molar-refractivity contribution in [1.82, 2.24) is 15.1 Å². The molecule has 9 heteroatoms. The van der Waals surface area contributed by atoms with Crippen molar-refractivity contribution in [3.63, 3.8) is 0 Å². The Morgan fingerprint density at radius 3 is 2.50 bits per heavy atom. The normalized spacial score (nSPS) is 22.3. The van der Waals surface area contributed by atoms with Gasteiger partial charge >= 0.3 is 6.03 Å². The number of urea groups is 1. The van der Waals surface area contributed by atoms with Crippen molar-refractivity contribution in [1.29, 1.82) is 0 Å². The van der Waals surface area contributed by atoms with Gasteiger partial charge in [0, 0.05) is 25.7 Å². The third-order valence-electron chi connectivity index (χ3n) is 4.88. The maximum Gasteiger partial charge on any atom is 0.325 e. The Bertz CT molecular complexity index is 774. The molecule has 1 heterocycles. The molecule has 2 aliphatic rings. The van der Waals surface area contributed by atoms with Crippen LogP contribution in [-0.4, -0.2) is 52.7 Å². The van der Waals surface area contributed by atoms with Gasteiger partial charge in [-0.2, -0.15) is 0 Å². The molecule has 0 spiro atoms. The molecule has 1 aliphatic heterocycles. The summed E-state index contributed by atoms with van der Waals surface area (Å²) < 4.78 is 0. The summed E-state index contributed by atoms with van der Waals surface area (Å²) in [5.41, 5.74) is -1.05. The van der Waals surface area contributed by atoms with E-state index in [1.165, 1.54) is 31.2 Å². The topological polar surface area (TPSA) is 113 Å². The number of imide groups is 1. The Morgan fingerprint density at radius 2 is 1.96 bits per heavy atom. The van der Waals surface area contributed by atoms with E-state index in [1.54, 1.807) is 11.9 Å². The van der Waals surface area contributed by atoms with Crippen LogP contribution in [0.2, 0.25) is 0 Å². The van der Waals surface area contributed by atoms with E-state index in [9.17, 15) is 24.5 Å². The summed E-state index contributed by atoms with van der Waals surface area (Å²) in [5, 5.41) is 13.4. The fourth-order valence-corrected chi connectivity index (χ4v) is 3.00. The van der Waals surface area contributed by atoms with E-state index in [0.717, 1.165) is 17.7 Å². The van der Waals surface area contributed by atoms with Crippen LogP contribution >= 0.6 is 0 Å². The van der Waals surface area contributed by atoms with Gasteiger partial charge in [-0.15, -0.1) is 0 Å². The largest absolute Gasteiger partial charge is 0.344 e. The molecule has 0 bridgehead atoms. The van der Waals surface area contributed by atoms with Crippen LogP contribution in [0.5, 0.6) is 0 Å². The van der Waals surface area contributed by atoms with Crippen molar-refractivity contribution in [3.05, 3.63) is 39.9 Å². The highest BCUT2D eigenvalue weighted by Gasteiger charge is 2.49. The van der Waals surface area contributed by atoms with Gasteiger partial charge in [0.25, 0.3) is 11.6 Å². The van der Waals surface area contributed by atoms with Crippen LogP contribution in [0.3, 0.4) is 0 Å². The summed E-state index contributed by atoms with van der Waals surface area (Å²) in [7, 11) is 1.66. The molecule has 1 aromatic rings. The molecule has 138 valence electrons. The van der Waals surface area contributed by atoms with E-state index < -0.39 is 22.4 Å². The number of hydrogen-bond acceptors (Lipinski definition) is 5. The van der Waals surface area contributed by atoms with Crippen molar-refractivity contribution in [2.24, 2.45) is 5.92 Å². The molecule has 1 saturated heterocycles. The first-order valence-electron chi connectivity index (χ1n) is 8.35. The van der Waals surface area contributed by atoms with E-state index >= 15 is 0 Å². The fraction of sp³-hybridized carbons (Fsp3) is 0.471. The Morgan fingerprint density at radius 1 is 1.35 bits per heavy atom. The summed E-state index contributed by atoms with van der Waals surface area (Å²) in [5.74, 6) is -0.338. The monoisotopic (exact) mass is 360 g/mol. The minimum atomic E-state index is -1.36. The zero-order valence-corrected chi connectivity index (χ0v) is 14.6. The minimum absolute atomic E-state index is 0.108. The number of carbonyl (C=O) groups excluding carboxylic acids is 3. The van der Waals surface area contributed by atoms with Crippen LogP contribution in [0.15, 0.2) is 24.3 Å². The molecule has 1 N–H and O–H groups in total. The molecule has 2 fully saturated rings. The lowest BCUT2D eigenvalue weighted by atomic mass is 9.92. The Labute approximate surface area is 150 Å². The average Bonchev–Trinajstić information content (AvgIpc) is 3.38.